The molecule has 248 valence electrons. The first-order valence-electron chi connectivity index (χ1n) is 16.4. The maximum Gasteiger partial charge on any atom is 0.340 e. The summed E-state index contributed by atoms with van der Waals surface area (Å²) in [6, 6.07) is 7.51. The second kappa shape index (κ2) is 12.9. The van der Waals surface area contributed by atoms with E-state index in [1.807, 2.05) is 53.4 Å². The van der Waals surface area contributed by atoms with Gasteiger partial charge in [0, 0.05) is 54.8 Å². The van der Waals surface area contributed by atoms with Crippen molar-refractivity contribution in [3.05, 3.63) is 70.3 Å². The van der Waals surface area contributed by atoms with Gasteiger partial charge in [-0.2, -0.15) is 4.39 Å². The number of hydrogen-bond acceptors (Lipinski definition) is 7. The van der Waals surface area contributed by atoms with E-state index in [0.29, 0.717) is 19.5 Å². The van der Waals surface area contributed by atoms with Gasteiger partial charge in [-0.15, -0.1) is 0 Å². The second-order valence-corrected chi connectivity index (χ2v) is 14.8. The van der Waals surface area contributed by atoms with Crippen LogP contribution in [0.3, 0.4) is 0 Å². The van der Waals surface area contributed by atoms with Gasteiger partial charge in [-0.3, -0.25) is 4.98 Å². The summed E-state index contributed by atoms with van der Waals surface area (Å²) in [7, 11) is 0. The van der Waals surface area contributed by atoms with Crippen molar-refractivity contribution in [1.29, 1.82) is 0 Å². The largest absolute Gasteiger partial charge is 0.461 e. The van der Waals surface area contributed by atoms with Crippen molar-refractivity contribution in [2.24, 2.45) is 5.41 Å². The third-order valence-corrected chi connectivity index (χ3v) is 8.96. The van der Waals surface area contributed by atoms with Crippen LogP contribution < -0.4 is 9.80 Å². The molecule has 7 nitrogen and oxygen atoms in total. The van der Waals surface area contributed by atoms with E-state index in [-0.39, 0.29) is 17.2 Å². The monoisotopic (exact) mass is 634 g/mol. The molecule has 0 saturated carbocycles. The van der Waals surface area contributed by atoms with E-state index < -0.39 is 29.4 Å². The third-order valence-electron chi connectivity index (χ3n) is 8.96. The zero-order chi connectivity index (χ0) is 33.6. The highest BCUT2D eigenvalue weighted by Crippen LogP contribution is 2.45. The van der Waals surface area contributed by atoms with Crippen molar-refractivity contribution in [3.8, 4) is 11.1 Å². The van der Waals surface area contributed by atoms with E-state index in [0.717, 1.165) is 83.1 Å². The number of aromatic nitrogens is 2. The first kappa shape index (κ1) is 33.8. The van der Waals surface area contributed by atoms with Gasteiger partial charge in [-0.1, -0.05) is 32.0 Å². The summed E-state index contributed by atoms with van der Waals surface area (Å²) in [5.41, 5.74) is 7.36. The van der Waals surface area contributed by atoms with Crippen molar-refractivity contribution in [1.82, 2.24) is 9.97 Å². The van der Waals surface area contributed by atoms with E-state index in [1.165, 1.54) is 0 Å². The van der Waals surface area contributed by atoms with Crippen LogP contribution in [0.15, 0.2) is 30.5 Å². The van der Waals surface area contributed by atoms with Crippen LogP contribution >= 0.6 is 0 Å². The normalized spacial score (nSPS) is 17.2. The number of fused-ring (bicyclic) bond motifs is 1. The number of aryl methyl sites for hydroxylation is 2. The fourth-order valence-corrected chi connectivity index (χ4v) is 6.60. The van der Waals surface area contributed by atoms with Crippen LogP contribution in [0.4, 0.5) is 20.2 Å². The second-order valence-electron chi connectivity index (χ2n) is 14.8. The number of benzene rings is 1. The van der Waals surface area contributed by atoms with Gasteiger partial charge in [0.2, 0.25) is 5.95 Å². The lowest BCUT2D eigenvalue weighted by molar-refractivity contribution is -0.171. The lowest BCUT2D eigenvalue weighted by atomic mass is 9.81. The molecule has 1 saturated heterocycles. The highest BCUT2D eigenvalue weighted by Gasteiger charge is 2.38. The average molecular weight is 635 g/mol. The number of nitrogens with zero attached hydrogens (tertiary/aromatic N) is 4. The van der Waals surface area contributed by atoms with Gasteiger partial charge >= 0.3 is 5.97 Å². The van der Waals surface area contributed by atoms with Gasteiger partial charge in [0.25, 0.3) is 0 Å². The van der Waals surface area contributed by atoms with Gasteiger partial charge < -0.3 is 19.3 Å². The molecule has 4 heterocycles. The molecule has 0 radical (unpaired) electrons. The fourth-order valence-electron chi connectivity index (χ4n) is 6.60. The van der Waals surface area contributed by atoms with Crippen molar-refractivity contribution in [2.75, 3.05) is 29.4 Å². The Morgan fingerprint density at radius 3 is 2.33 bits per heavy atom. The Balaban J connectivity index is 1.64. The van der Waals surface area contributed by atoms with Gasteiger partial charge in [-0.25, -0.2) is 14.2 Å². The predicted octanol–water partition coefficient (Wildman–Crippen LogP) is 8.04. The van der Waals surface area contributed by atoms with Crippen LogP contribution in [0.2, 0.25) is 0 Å². The summed E-state index contributed by atoms with van der Waals surface area (Å²) >= 11 is 0. The first-order chi connectivity index (χ1) is 21.5. The molecule has 0 N–H and O–H groups in total. The minimum Gasteiger partial charge on any atom is -0.461 e. The van der Waals surface area contributed by atoms with E-state index in [1.54, 1.807) is 0 Å². The van der Waals surface area contributed by atoms with Crippen molar-refractivity contribution in [3.63, 3.8) is 0 Å². The number of halogens is 2. The molecule has 0 aliphatic carbocycles. The Kier molecular flexibility index (Phi) is 9.47. The van der Waals surface area contributed by atoms with Crippen LogP contribution in [0.5, 0.6) is 0 Å². The molecular weight excluding hydrogens is 586 g/mol. The van der Waals surface area contributed by atoms with Crippen LogP contribution in [0.1, 0.15) is 95.5 Å². The maximum atomic E-state index is 14.6. The third kappa shape index (κ3) is 7.35. The highest BCUT2D eigenvalue weighted by molar-refractivity contribution is 5.88. The number of carbonyl (C=O) groups is 1. The number of carbonyl (C=O) groups excluding carboxylic acids is 1. The summed E-state index contributed by atoms with van der Waals surface area (Å²) in [6.45, 7) is 20.8. The molecule has 2 aliphatic heterocycles. The maximum absolute atomic E-state index is 14.6. The zero-order valence-electron chi connectivity index (χ0n) is 28.8. The molecule has 1 aromatic carbocycles. The lowest BCUT2D eigenvalue weighted by Gasteiger charge is -2.41. The number of piperidine rings is 1. The van der Waals surface area contributed by atoms with Crippen molar-refractivity contribution in [2.45, 2.75) is 106 Å². The number of rotatable bonds is 7. The summed E-state index contributed by atoms with van der Waals surface area (Å²) in [4.78, 5) is 26.5. The fraction of sp³-hybridized carbons (Fsp3) is 0.541. The van der Waals surface area contributed by atoms with Crippen LogP contribution in [-0.2, 0) is 27.2 Å². The number of anilines is 2. The molecule has 2 aromatic heterocycles. The predicted molar refractivity (Wildman–Crippen MR) is 178 cm³/mol. The van der Waals surface area contributed by atoms with Gasteiger partial charge in [-0.05, 0) is 89.8 Å². The van der Waals surface area contributed by atoms with E-state index in [4.69, 9.17) is 14.5 Å². The molecule has 5 rings (SSSR count). The standard InChI is InChI=1S/C37H48F2N4O3/c1-22(2)45-35(44)34(46-36(5,6)7)32-24(4)41-23(3)31(33(32)42-16-13-37(8,9)14-17-42)26-10-11-27-21-43(15-12-25(27)18-26)29-19-30(39)40-20-28(29)38/h10-11,18-20,22,34H,12-17,21H2,1-9H3. The van der Waals surface area contributed by atoms with Crippen molar-refractivity contribution < 1.29 is 23.0 Å². The summed E-state index contributed by atoms with van der Waals surface area (Å²) < 4.78 is 40.8. The van der Waals surface area contributed by atoms with E-state index in [9.17, 15) is 13.6 Å². The lowest BCUT2D eigenvalue weighted by Crippen LogP contribution is -2.39. The molecule has 1 atom stereocenters. The van der Waals surface area contributed by atoms with Gasteiger partial charge in [0.15, 0.2) is 11.9 Å². The molecular formula is C37H48F2N4O3. The topological polar surface area (TPSA) is 67.8 Å². The molecule has 1 unspecified atom stereocenters. The van der Waals surface area contributed by atoms with Crippen LogP contribution in [0, 0.1) is 31.0 Å². The minimum atomic E-state index is -0.957. The Morgan fingerprint density at radius 1 is 0.978 bits per heavy atom. The molecule has 46 heavy (non-hydrogen) atoms. The Morgan fingerprint density at radius 2 is 1.67 bits per heavy atom. The highest BCUT2D eigenvalue weighted by atomic mass is 19.1. The Labute approximate surface area is 272 Å². The number of pyridine rings is 2. The Hall–Kier alpha value is -3.59. The van der Waals surface area contributed by atoms with Crippen LogP contribution in [-0.4, -0.2) is 47.3 Å². The minimum absolute atomic E-state index is 0.221. The molecule has 2 aliphatic rings. The SMILES string of the molecule is Cc1nc(C)c(C(OC(C)(C)C)C(=O)OC(C)C)c(N2CCC(C)(C)CC2)c1-c1ccc2c(c1)CCN(c1cc(F)ncc1F)C2. The van der Waals surface area contributed by atoms with Gasteiger partial charge in [0.05, 0.1) is 29.3 Å². The molecule has 9 heteroatoms. The molecule has 0 amide bonds. The number of hydrogen-bond donors (Lipinski definition) is 0. The van der Waals surface area contributed by atoms with E-state index >= 15 is 0 Å². The molecule has 3 aromatic rings. The van der Waals surface area contributed by atoms with Crippen molar-refractivity contribution >= 4 is 17.3 Å². The van der Waals surface area contributed by atoms with Crippen LogP contribution in [0.25, 0.3) is 11.1 Å². The molecule has 0 spiro atoms. The first-order valence-corrected chi connectivity index (χ1v) is 16.4. The Bertz CT molecular complexity index is 1610. The quantitative estimate of drug-likeness (QED) is 0.193. The van der Waals surface area contributed by atoms with Gasteiger partial charge in [0.1, 0.15) is 0 Å². The summed E-state index contributed by atoms with van der Waals surface area (Å²) in [5.74, 6) is -1.66. The summed E-state index contributed by atoms with van der Waals surface area (Å²) in [6.07, 6.45) is 2.38. The van der Waals surface area contributed by atoms with E-state index in [2.05, 4.69) is 41.9 Å². The average Bonchev–Trinajstić information content (AvgIpc) is 2.96. The molecule has 0 bridgehead atoms. The summed E-state index contributed by atoms with van der Waals surface area (Å²) in [5, 5.41) is 0. The number of esters is 1. The number of ether oxygens (including phenoxy) is 2. The smallest absolute Gasteiger partial charge is 0.340 e. The molecule has 1 fully saturated rings. The zero-order valence-corrected chi connectivity index (χ0v) is 28.8.